The van der Waals surface area contributed by atoms with Gasteiger partial charge in [-0.1, -0.05) is 59.6 Å². The number of nitrogens with one attached hydrogen (secondary N) is 3. The first kappa shape index (κ1) is 24.3. The van der Waals surface area contributed by atoms with E-state index in [-0.39, 0.29) is 5.91 Å². The number of benzodiazepines with no additional fused rings is 1. The van der Waals surface area contributed by atoms with Crippen LogP contribution in [0.4, 0.5) is 5.69 Å². The summed E-state index contributed by atoms with van der Waals surface area (Å²) in [5, 5.41) is 8.87. The molecular weight excluding hydrogens is 513 g/mol. The molecule has 1 aliphatic rings. The number of halogens is 2. The maximum absolute atomic E-state index is 13.4. The first-order valence-corrected chi connectivity index (χ1v) is 12.6. The van der Waals surface area contributed by atoms with Gasteiger partial charge >= 0.3 is 0 Å². The number of anilines is 1. The van der Waals surface area contributed by atoms with Gasteiger partial charge in [0, 0.05) is 51.9 Å². The normalized spacial score (nSPS) is 15.3. The fraction of sp³-hybridized carbons (Fsp3) is 0.148. The topological polar surface area (TPSA) is 72.5 Å². The number of likely N-dealkylation sites (N-methyl/N-ethyl adjacent to an activating group) is 1. The molecule has 5 rings (SSSR count). The quantitative estimate of drug-likeness (QED) is 0.302. The highest BCUT2D eigenvalue weighted by atomic mass is 35.5. The number of thiocarbonyl (C=S) groups is 1. The lowest BCUT2D eigenvalue weighted by Gasteiger charge is -2.22. The zero-order valence-corrected chi connectivity index (χ0v) is 21.7. The van der Waals surface area contributed by atoms with Crippen LogP contribution in [0, 0.1) is 0 Å². The predicted molar refractivity (Wildman–Crippen MR) is 151 cm³/mol. The third-order valence-electron chi connectivity index (χ3n) is 6.15. The van der Waals surface area contributed by atoms with Gasteiger partial charge in [0.2, 0.25) is 6.17 Å². The Hall–Kier alpha value is -3.39. The number of para-hydroxylation sites is 1. The molecule has 6 nitrogen and oxygen atoms in total. The number of nitrogens with zero attached hydrogens (tertiary/aromatic N) is 2. The summed E-state index contributed by atoms with van der Waals surface area (Å²) >= 11 is 18.4. The number of fused-ring (bicyclic) bond motifs is 2. The van der Waals surface area contributed by atoms with Gasteiger partial charge < -0.3 is 20.5 Å². The molecule has 0 aliphatic carbocycles. The average Bonchev–Trinajstić information content (AvgIpc) is 3.25. The molecule has 36 heavy (non-hydrogen) atoms. The van der Waals surface area contributed by atoms with Gasteiger partial charge in [0.15, 0.2) is 5.11 Å². The molecule has 9 heteroatoms. The molecule has 0 spiro atoms. The monoisotopic (exact) mass is 535 g/mol. The van der Waals surface area contributed by atoms with Crippen LogP contribution in [0.3, 0.4) is 0 Å². The second-order valence-electron chi connectivity index (χ2n) is 8.43. The molecule has 1 aromatic heterocycles. The van der Waals surface area contributed by atoms with Crippen molar-refractivity contribution in [2.45, 2.75) is 12.6 Å². The van der Waals surface area contributed by atoms with Gasteiger partial charge in [-0.15, -0.1) is 0 Å². The Morgan fingerprint density at radius 3 is 2.69 bits per heavy atom. The van der Waals surface area contributed by atoms with Crippen LogP contribution in [0.25, 0.3) is 10.9 Å². The average molecular weight is 536 g/mol. The smallest absolute Gasteiger partial charge is 0.272 e. The molecule has 1 unspecified atom stereocenters. The van der Waals surface area contributed by atoms with Crippen molar-refractivity contribution < 1.29 is 4.79 Å². The van der Waals surface area contributed by atoms with E-state index in [1.54, 1.807) is 30.1 Å². The zero-order chi connectivity index (χ0) is 25.2. The molecule has 3 N–H and O–H groups in total. The number of hydrogen-bond acceptors (Lipinski definition) is 3. The molecule has 4 aromatic rings. The van der Waals surface area contributed by atoms with Gasteiger partial charge in [-0.25, -0.2) is 4.99 Å². The Labute approximate surface area is 224 Å². The molecule has 0 saturated heterocycles. The highest BCUT2D eigenvalue weighted by molar-refractivity contribution is 7.80. The first-order chi connectivity index (χ1) is 17.4. The van der Waals surface area contributed by atoms with Crippen molar-refractivity contribution in [3.8, 4) is 0 Å². The Balaban J connectivity index is 1.38. The molecule has 0 saturated carbocycles. The third kappa shape index (κ3) is 4.82. The maximum atomic E-state index is 13.4. The molecule has 1 amide bonds. The van der Waals surface area contributed by atoms with E-state index in [0.29, 0.717) is 44.2 Å². The van der Waals surface area contributed by atoms with E-state index in [4.69, 9.17) is 40.4 Å². The summed E-state index contributed by atoms with van der Waals surface area (Å²) in [7, 11) is 1.71. The second kappa shape index (κ2) is 10.3. The number of aromatic amines is 1. The van der Waals surface area contributed by atoms with Crippen molar-refractivity contribution >= 4 is 68.7 Å². The number of carbonyl (C=O) groups is 1. The van der Waals surface area contributed by atoms with Gasteiger partial charge in [-0.3, -0.25) is 4.79 Å². The minimum absolute atomic E-state index is 0.249. The highest BCUT2D eigenvalue weighted by Crippen LogP contribution is 2.31. The number of rotatable bonds is 5. The molecule has 182 valence electrons. The maximum Gasteiger partial charge on any atom is 0.272 e. The minimum Gasteiger partial charge on any atom is -0.362 e. The van der Waals surface area contributed by atoms with Crippen molar-refractivity contribution in [2.24, 2.45) is 4.99 Å². The van der Waals surface area contributed by atoms with Gasteiger partial charge in [-0.05, 0) is 54.5 Å². The van der Waals surface area contributed by atoms with E-state index in [0.717, 1.165) is 11.9 Å². The summed E-state index contributed by atoms with van der Waals surface area (Å²) < 4.78 is 0. The standard InChI is InChI=1S/C27H23Cl2N5OS/c1-34-23-11-10-17(28)14-20(23)24(19-7-2-4-8-21(19)29)32-25(26(34)35)33-27(36)30-13-12-16-15-31-22-9-5-3-6-18(16)22/h2-11,14-15,25,31H,12-13H2,1H3,(H2,30,33,36). The third-order valence-corrected chi connectivity index (χ3v) is 6.98. The van der Waals surface area contributed by atoms with Crippen LogP contribution >= 0.6 is 35.4 Å². The Bertz CT molecular complexity index is 1500. The summed E-state index contributed by atoms with van der Waals surface area (Å²) in [6, 6.07) is 20.9. The molecule has 1 atom stereocenters. The predicted octanol–water partition coefficient (Wildman–Crippen LogP) is 5.32. The van der Waals surface area contributed by atoms with Crippen molar-refractivity contribution in [2.75, 3.05) is 18.5 Å². The Morgan fingerprint density at radius 2 is 1.86 bits per heavy atom. The molecule has 2 heterocycles. The number of aliphatic imine (C=N–C) groups is 1. The number of benzene rings is 3. The molecule has 0 bridgehead atoms. The zero-order valence-electron chi connectivity index (χ0n) is 19.4. The fourth-order valence-electron chi connectivity index (χ4n) is 4.33. The molecule has 0 radical (unpaired) electrons. The van der Waals surface area contributed by atoms with Crippen molar-refractivity contribution in [1.82, 2.24) is 15.6 Å². The highest BCUT2D eigenvalue weighted by Gasteiger charge is 2.31. The van der Waals surface area contributed by atoms with Crippen LogP contribution in [-0.2, 0) is 11.2 Å². The van der Waals surface area contributed by atoms with Crippen LogP contribution in [0.15, 0.2) is 77.9 Å². The summed E-state index contributed by atoms with van der Waals surface area (Å²) in [5.74, 6) is -0.249. The summed E-state index contributed by atoms with van der Waals surface area (Å²) in [6.07, 6.45) is 1.83. The van der Waals surface area contributed by atoms with Crippen LogP contribution in [0.2, 0.25) is 10.0 Å². The molecular formula is C27H23Cl2N5OS. The lowest BCUT2D eigenvalue weighted by Crippen LogP contribution is -2.49. The molecule has 1 aliphatic heterocycles. The Kier molecular flexibility index (Phi) is 6.96. The summed E-state index contributed by atoms with van der Waals surface area (Å²) in [4.78, 5) is 23.0. The van der Waals surface area contributed by atoms with Gasteiger partial charge in [-0.2, -0.15) is 0 Å². The largest absolute Gasteiger partial charge is 0.362 e. The van der Waals surface area contributed by atoms with E-state index in [2.05, 4.69) is 21.7 Å². The van der Waals surface area contributed by atoms with Crippen LogP contribution in [0.1, 0.15) is 16.7 Å². The molecule has 0 fully saturated rings. The van der Waals surface area contributed by atoms with E-state index < -0.39 is 6.17 Å². The Morgan fingerprint density at radius 1 is 1.08 bits per heavy atom. The van der Waals surface area contributed by atoms with E-state index in [9.17, 15) is 4.79 Å². The molecule has 3 aromatic carbocycles. The number of hydrogen-bond donors (Lipinski definition) is 3. The van der Waals surface area contributed by atoms with E-state index in [1.807, 2.05) is 48.7 Å². The number of aromatic nitrogens is 1. The summed E-state index contributed by atoms with van der Waals surface area (Å²) in [5.41, 5.74) is 4.96. The number of amides is 1. The van der Waals surface area contributed by atoms with E-state index in [1.165, 1.54) is 10.9 Å². The van der Waals surface area contributed by atoms with E-state index >= 15 is 0 Å². The van der Waals surface area contributed by atoms with Crippen LogP contribution < -0.4 is 15.5 Å². The fourth-order valence-corrected chi connectivity index (χ4v) is 4.94. The number of carbonyl (C=O) groups excluding carboxylic acids is 1. The first-order valence-electron chi connectivity index (χ1n) is 11.4. The van der Waals surface area contributed by atoms with Crippen molar-refractivity contribution in [3.63, 3.8) is 0 Å². The van der Waals surface area contributed by atoms with Gasteiger partial charge in [0.05, 0.1) is 11.4 Å². The lowest BCUT2D eigenvalue weighted by atomic mass is 10.00. The van der Waals surface area contributed by atoms with Crippen molar-refractivity contribution in [1.29, 1.82) is 0 Å². The van der Waals surface area contributed by atoms with Crippen LogP contribution in [-0.4, -0.2) is 41.5 Å². The number of H-pyrrole nitrogens is 1. The van der Waals surface area contributed by atoms with Crippen molar-refractivity contribution in [3.05, 3.63) is 99.7 Å². The summed E-state index contributed by atoms with van der Waals surface area (Å²) in [6.45, 7) is 0.599. The van der Waals surface area contributed by atoms with Gasteiger partial charge in [0.25, 0.3) is 5.91 Å². The minimum atomic E-state index is -0.944. The lowest BCUT2D eigenvalue weighted by molar-refractivity contribution is -0.119. The second-order valence-corrected chi connectivity index (χ2v) is 9.68. The van der Waals surface area contributed by atoms with Crippen LogP contribution in [0.5, 0.6) is 0 Å². The SMILES string of the molecule is CN1C(=O)C(NC(=S)NCCc2c[nH]c3ccccc23)N=C(c2ccccc2Cl)c2cc(Cl)ccc21. The van der Waals surface area contributed by atoms with Gasteiger partial charge in [0.1, 0.15) is 0 Å².